The highest BCUT2D eigenvalue weighted by molar-refractivity contribution is 5.39. The Hall–Kier alpha value is -1.13. The number of nitrogens with zero attached hydrogens (tertiary/aromatic N) is 4. The lowest BCUT2D eigenvalue weighted by Gasteiger charge is -2.50. The van der Waals surface area contributed by atoms with Crippen molar-refractivity contribution in [1.82, 2.24) is 14.8 Å². The van der Waals surface area contributed by atoms with E-state index in [1.807, 2.05) is 6.20 Å². The zero-order valence-electron chi connectivity index (χ0n) is 23.2. The number of piperidine rings is 2. The van der Waals surface area contributed by atoms with Crippen molar-refractivity contribution in [3.05, 3.63) is 23.9 Å². The Morgan fingerprint density at radius 1 is 0.912 bits per heavy atom. The molecule has 1 aromatic rings. The summed E-state index contributed by atoms with van der Waals surface area (Å²) in [5.74, 6) is 1.17. The standard InChI is InChI=1S/C19H29N3.C11H25N/c1-16-5-6-18(20-15-16)22-13-9-19(10-14-22)7-11-21(12-8-19)17-3-2-4-17;1-5-9-11(10-6-2)12(7-3)8-4/h5-6,15,17H,2-4,7-14H2,1H3;11H,5-10H2,1-4H3. The van der Waals surface area contributed by atoms with E-state index in [2.05, 4.69) is 66.4 Å². The second-order valence-electron chi connectivity index (χ2n) is 11.3. The fraction of sp³-hybridized carbons (Fsp3) is 0.833. The minimum Gasteiger partial charge on any atom is -0.357 e. The van der Waals surface area contributed by atoms with Gasteiger partial charge in [-0.05, 0) is 102 Å². The van der Waals surface area contributed by atoms with Gasteiger partial charge in [-0.25, -0.2) is 4.98 Å². The lowest BCUT2D eigenvalue weighted by atomic mass is 9.70. The fourth-order valence-electron chi connectivity index (χ4n) is 6.39. The molecule has 0 unspecified atom stereocenters. The van der Waals surface area contributed by atoms with Crippen LogP contribution in [0.4, 0.5) is 5.82 Å². The summed E-state index contributed by atoms with van der Waals surface area (Å²) < 4.78 is 0. The Morgan fingerprint density at radius 3 is 1.94 bits per heavy atom. The third kappa shape index (κ3) is 7.43. The smallest absolute Gasteiger partial charge is 0.128 e. The van der Waals surface area contributed by atoms with Gasteiger partial charge in [0.05, 0.1) is 0 Å². The van der Waals surface area contributed by atoms with E-state index < -0.39 is 0 Å². The largest absolute Gasteiger partial charge is 0.357 e. The Kier molecular flexibility index (Phi) is 11.2. The maximum absolute atomic E-state index is 4.61. The van der Waals surface area contributed by atoms with Crippen LogP contribution in [0.2, 0.25) is 0 Å². The van der Waals surface area contributed by atoms with Crippen molar-refractivity contribution < 1.29 is 0 Å². The zero-order valence-corrected chi connectivity index (χ0v) is 23.2. The van der Waals surface area contributed by atoms with Crippen LogP contribution in [-0.2, 0) is 0 Å². The van der Waals surface area contributed by atoms with Crippen LogP contribution in [0, 0.1) is 12.3 Å². The molecule has 0 N–H and O–H groups in total. The van der Waals surface area contributed by atoms with Crippen LogP contribution in [0.25, 0.3) is 0 Å². The minimum absolute atomic E-state index is 0.640. The van der Waals surface area contributed by atoms with Gasteiger partial charge in [-0.15, -0.1) is 0 Å². The fourth-order valence-corrected chi connectivity index (χ4v) is 6.39. The molecule has 1 spiro atoms. The number of aromatic nitrogens is 1. The Balaban J connectivity index is 0.000000232. The number of pyridine rings is 1. The highest BCUT2D eigenvalue weighted by Crippen LogP contribution is 2.43. The van der Waals surface area contributed by atoms with Crippen LogP contribution in [0.5, 0.6) is 0 Å². The third-order valence-corrected chi connectivity index (χ3v) is 9.07. The zero-order chi connectivity index (χ0) is 24.4. The number of hydrogen-bond donors (Lipinski definition) is 0. The lowest BCUT2D eigenvalue weighted by molar-refractivity contribution is 0.0305. The molecule has 1 aromatic heterocycles. The van der Waals surface area contributed by atoms with Crippen LogP contribution in [-0.4, -0.2) is 66.1 Å². The molecule has 4 heteroatoms. The number of aryl methyl sites for hydroxylation is 1. The van der Waals surface area contributed by atoms with E-state index in [1.54, 1.807) is 0 Å². The van der Waals surface area contributed by atoms with E-state index in [0.29, 0.717) is 5.41 Å². The third-order valence-electron chi connectivity index (χ3n) is 9.07. The Labute approximate surface area is 211 Å². The molecular formula is C30H54N4. The highest BCUT2D eigenvalue weighted by Gasteiger charge is 2.39. The molecule has 1 saturated carbocycles. The van der Waals surface area contributed by atoms with E-state index in [9.17, 15) is 0 Å². The summed E-state index contributed by atoms with van der Waals surface area (Å²) in [6.07, 6.45) is 17.3. The first-order valence-corrected chi connectivity index (χ1v) is 14.7. The van der Waals surface area contributed by atoms with Crippen LogP contribution < -0.4 is 4.90 Å². The molecule has 3 fully saturated rings. The van der Waals surface area contributed by atoms with Gasteiger partial charge in [-0.3, -0.25) is 0 Å². The van der Waals surface area contributed by atoms with Crippen LogP contribution >= 0.6 is 0 Å². The molecule has 0 atom stereocenters. The highest BCUT2D eigenvalue weighted by atomic mass is 15.2. The van der Waals surface area contributed by atoms with Crippen molar-refractivity contribution >= 4 is 5.82 Å². The van der Waals surface area contributed by atoms with Crippen molar-refractivity contribution in [1.29, 1.82) is 0 Å². The summed E-state index contributed by atoms with van der Waals surface area (Å²) >= 11 is 0. The van der Waals surface area contributed by atoms with Crippen LogP contribution in [0.3, 0.4) is 0 Å². The summed E-state index contributed by atoms with van der Waals surface area (Å²) in [6.45, 7) is 18.7. The normalized spacial score (nSPS) is 21.0. The Bertz CT molecular complexity index is 656. The van der Waals surface area contributed by atoms with Crippen LogP contribution in [0.15, 0.2) is 18.3 Å². The molecule has 4 rings (SSSR count). The molecule has 34 heavy (non-hydrogen) atoms. The summed E-state index contributed by atoms with van der Waals surface area (Å²) in [4.78, 5) is 12.5. The Morgan fingerprint density at radius 2 is 1.50 bits per heavy atom. The average Bonchev–Trinajstić information content (AvgIpc) is 2.82. The van der Waals surface area contributed by atoms with Gasteiger partial charge in [0.2, 0.25) is 0 Å². The topological polar surface area (TPSA) is 22.6 Å². The van der Waals surface area contributed by atoms with E-state index in [4.69, 9.17) is 0 Å². The second kappa shape index (κ2) is 13.8. The van der Waals surface area contributed by atoms with Crippen molar-refractivity contribution in [2.45, 2.75) is 117 Å². The van der Waals surface area contributed by atoms with E-state index in [1.165, 1.54) is 121 Å². The molecule has 3 aliphatic rings. The predicted molar refractivity (Wildman–Crippen MR) is 148 cm³/mol. The monoisotopic (exact) mass is 470 g/mol. The molecule has 2 aliphatic heterocycles. The van der Waals surface area contributed by atoms with Gasteiger partial charge in [0.25, 0.3) is 0 Å². The number of likely N-dealkylation sites (tertiary alicyclic amines) is 1. The lowest BCUT2D eigenvalue weighted by Crippen LogP contribution is -2.51. The first-order chi connectivity index (χ1) is 16.5. The molecule has 0 aromatic carbocycles. The maximum atomic E-state index is 4.61. The van der Waals surface area contributed by atoms with Crippen LogP contribution in [0.1, 0.15) is 104 Å². The first kappa shape index (κ1) is 27.5. The van der Waals surface area contributed by atoms with Gasteiger partial charge in [-0.1, -0.05) is 53.0 Å². The molecule has 0 bridgehead atoms. The van der Waals surface area contributed by atoms with Gasteiger partial charge in [0.15, 0.2) is 0 Å². The molecule has 194 valence electrons. The summed E-state index contributed by atoms with van der Waals surface area (Å²) in [6, 6.07) is 6.15. The maximum Gasteiger partial charge on any atom is 0.128 e. The molecule has 0 amide bonds. The van der Waals surface area contributed by atoms with E-state index in [-0.39, 0.29) is 0 Å². The van der Waals surface area contributed by atoms with Crippen molar-refractivity contribution in [3.8, 4) is 0 Å². The van der Waals surface area contributed by atoms with Crippen molar-refractivity contribution in [3.63, 3.8) is 0 Å². The molecule has 3 heterocycles. The molecule has 0 radical (unpaired) electrons. The predicted octanol–water partition coefficient (Wildman–Crippen LogP) is 6.92. The van der Waals surface area contributed by atoms with Crippen molar-refractivity contribution in [2.24, 2.45) is 5.41 Å². The van der Waals surface area contributed by atoms with Gasteiger partial charge < -0.3 is 14.7 Å². The average molecular weight is 471 g/mol. The van der Waals surface area contributed by atoms with E-state index in [0.717, 1.165) is 12.1 Å². The minimum atomic E-state index is 0.640. The van der Waals surface area contributed by atoms with Gasteiger partial charge in [-0.2, -0.15) is 0 Å². The SMILES string of the molecule is CCCC(CCC)N(CC)CC.Cc1ccc(N2CCC3(CC2)CCN(C2CCC2)CC3)nc1. The summed E-state index contributed by atoms with van der Waals surface area (Å²) in [5.41, 5.74) is 1.89. The van der Waals surface area contributed by atoms with Gasteiger partial charge >= 0.3 is 0 Å². The molecule has 1 aliphatic carbocycles. The number of rotatable bonds is 9. The molecule has 4 nitrogen and oxygen atoms in total. The van der Waals surface area contributed by atoms with E-state index >= 15 is 0 Å². The first-order valence-electron chi connectivity index (χ1n) is 14.7. The second-order valence-corrected chi connectivity index (χ2v) is 11.3. The van der Waals surface area contributed by atoms with Crippen molar-refractivity contribution in [2.75, 3.05) is 44.2 Å². The van der Waals surface area contributed by atoms with Gasteiger partial charge in [0.1, 0.15) is 5.82 Å². The van der Waals surface area contributed by atoms with Gasteiger partial charge in [0, 0.05) is 31.4 Å². The number of hydrogen-bond acceptors (Lipinski definition) is 4. The summed E-state index contributed by atoms with van der Waals surface area (Å²) in [5, 5.41) is 0. The molecule has 2 saturated heterocycles. The molecular weight excluding hydrogens is 416 g/mol. The quantitative estimate of drug-likeness (QED) is 0.390. The summed E-state index contributed by atoms with van der Waals surface area (Å²) in [7, 11) is 0. The number of anilines is 1.